The van der Waals surface area contributed by atoms with Gasteiger partial charge in [-0.15, -0.1) is 0 Å². The Balaban J connectivity index is 1.54. The van der Waals surface area contributed by atoms with Crippen LogP contribution >= 0.6 is 0 Å². The molecule has 1 saturated heterocycles. The zero-order chi connectivity index (χ0) is 23.7. The summed E-state index contributed by atoms with van der Waals surface area (Å²) in [7, 11) is 0. The van der Waals surface area contributed by atoms with Gasteiger partial charge in [0.05, 0.1) is 17.9 Å². The maximum absolute atomic E-state index is 13.6. The summed E-state index contributed by atoms with van der Waals surface area (Å²) in [4.78, 5) is 45.4. The zero-order valence-electron chi connectivity index (χ0n) is 19.0. The number of amides is 1. The first-order valence-electron chi connectivity index (χ1n) is 11.6. The van der Waals surface area contributed by atoms with E-state index in [2.05, 4.69) is 0 Å². The highest BCUT2D eigenvalue weighted by Gasteiger charge is 2.30. The van der Waals surface area contributed by atoms with Crippen molar-refractivity contribution in [1.29, 1.82) is 0 Å². The van der Waals surface area contributed by atoms with Crippen LogP contribution in [0.15, 0.2) is 65.6 Å². The molecule has 0 bridgehead atoms. The van der Waals surface area contributed by atoms with Gasteiger partial charge in [-0.25, -0.2) is 4.98 Å². The lowest BCUT2D eigenvalue weighted by atomic mass is 9.97. The number of nitrogens with zero attached hydrogens (tertiary/aromatic N) is 4. The third kappa shape index (κ3) is 3.96. The maximum atomic E-state index is 13.6. The lowest BCUT2D eigenvalue weighted by Crippen LogP contribution is -2.41. The van der Waals surface area contributed by atoms with Crippen LogP contribution in [0.4, 0.5) is 0 Å². The summed E-state index contributed by atoms with van der Waals surface area (Å²) in [6.07, 6.45) is 2.81. The van der Waals surface area contributed by atoms with Crippen molar-refractivity contribution in [2.45, 2.75) is 26.3 Å². The second kappa shape index (κ2) is 9.13. The molecule has 0 aliphatic carbocycles. The van der Waals surface area contributed by atoms with Crippen LogP contribution < -0.4 is 5.56 Å². The van der Waals surface area contributed by atoms with E-state index in [-0.39, 0.29) is 23.4 Å². The van der Waals surface area contributed by atoms with Crippen molar-refractivity contribution in [2.75, 3.05) is 19.7 Å². The maximum Gasteiger partial charge on any atom is 0.309 e. The minimum Gasteiger partial charge on any atom is -0.466 e. The Bertz CT molecular complexity index is 1420. The van der Waals surface area contributed by atoms with Gasteiger partial charge in [-0.1, -0.05) is 36.4 Å². The normalized spacial score (nSPS) is 14.6. The molecule has 4 heterocycles. The van der Waals surface area contributed by atoms with Gasteiger partial charge in [-0.3, -0.25) is 18.8 Å². The molecule has 8 heteroatoms. The van der Waals surface area contributed by atoms with E-state index < -0.39 is 0 Å². The summed E-state index contributed by atoms with van der Waals surface area (Å²) < 4.78 is 8.47. The number of hydrogen-bond donors (Lipinski definition) is 0. The fourth-order valence-corrected chi connectivity index (χ4v) is 4.60. The number of carbonyl (C=O) groups excluding carboxylic acids is 2. The van der Waals surface area contributed by atoms with Crippen LogP contribution in [0, 0.1) is 5.92 Å². The lowest BCUT2D eigenvalue weighted by molar-refractivity contribution is -0.149. The number of piperidine rings is 1. The van der Waals surface area contributed by atoms with Crippen molar-refractivity contribution in [3.8, 4) is 0 Å². The van der Waals surface area contributed by atoms with Gasteiger partial charge in [0, 0.05) is 25.8 Å². The van der Waals surface area contributed by atoms with Crippen molar-refractivity contribution in [2.24, 2.45) is 5.92 Å². The van der Waals surface area contributed by atoms with Crippen molar-refractivity contribution in [1.82, 2.24) is 18.9 Å². The third-order valence-electron chi connectivity index (χ3n) is 6.38. The van der Waals surface area contributed by atoms with Crippen LogP contribution in [-0.2, 0) is 16.1 Å². The summed E-state index contributed by atoms with van der Waals surface area (Å²) >= 11 is 0. The highest BCUT2D eigenvalue weighted by atomic mass is 16.5. The van der Waals surface area contributed by atoms with Crippen molar-refractivity contribution >= 4 is 28.6 Å². The van der Waals surface area contributed by atoms with Gasteiger partial charge in [0.2, 0.25) is 0 Å². The van der Waals surface area contributed by atoms with Crippen LogP contribution in [0.25, 0.3) is 16.7 Å². The van der Waals surface area contributed by atoms with E-state index in [1.807, 2.05) is 41.0 Å². The van der Waals surface area contributed by atoms with E-state index in [9.17, 15) is 14.4 Å². The standard InChI is InChI=1S/C26H26N4O4/c1-2-34-26(33)19-11-14-28(15-12-19)25(32)21-16-20-23(30(21)17-18-8-4-3-5-9-18)27-22-10-6-7-13-29(22)24(20)31/h3-10,13,16,19H,2,11-12,14-15,17H2,1H3. The number of aromatic nitrogens is 3. The topological polar surface area (TPSA) is 85.9 Å². The van der Waals surface area contributed by atoms with Crippen LogP contribution in [0.2, 0.25) is 0 Å². The van der Waals surface area contributed by atoms with Gasteiger partial charge < -0.3 is 14.2 Å². The first kappa shape index (κ1) is 21.9. The lowest BCUT2D eigenvalue weighted by Gasteiger charge is -2.31. The number of carbonyl (C=O) groups is 2. The van der Waals surface area contributed by atoms with E-state index in [0.717, 1.165) is 5.56 Å². The predicted molar refractivity (Wildman–Crippen MR) is 128 cm³/mol. The Labute approximate surface area is 196 Å². The molecule has 8 nitrogen and oxygen atoms in total. The Morgan fingerprint density at radius 1 is 1.06 bits per heavy atom. The SMILES string of the molecule is CCOC(=O)C1CCN(C(=O)c2cc3c(=O)n4ccccc4nc3n2Cc2ccccc2)CC1. The molecule has 0 spiro atoms. The van der Waals surface area contributed by atoms with Gasteiger partial charge in [0.1, 0.15) is 17.0 Å². The number of rotatable bonds is 5. The molecule has 0 atom stereocenters. The zero-order valence-corrected chi connectivity index (χ0v) is 19.0. The molecule has 34 heavy (non-hydrogen) atoms. The molecule has 4 aromatic rings. The van der Waals surface area contributed by atoms with E-state index >= 15 is 0 Å². The number of fused-ring (bicyclic) bond motifs is 2. The molecule has 1 aliphatic heterocycles. The fraction of sp³-hybridized carbons (Fsp3) is 0.308. The minimum atomic E-state index is -0.206. The largest absolute Gasteiger partial charge is 0.466 e. The van der Waals surface area contributed by atoms with E-state index in [1.165, 1.54) is 4.40 Å². The first-order chi connectivity index (χ1) is 16.6. The highest BCUT2D eigenvalue weighted by molar-refractivity contribution is 5.98. The molecular weight excluding hydrogens is 432 g/mol. The molecule has 1 aliphatic rings. The molecule has 1 fully saturated rings. The quantitative estimate of drug-likeness (QED) is 0.429. The number of benzene rings is 1. The molecule has 0 radical (unpaired) electrons. The summed E-state index contributed by atoms with van der Waals surface area (Å²) in [5, 5.41) is 0.407. The number of hydrogen-bond acceptors (Lipinski definition) is 5. The van der Waals surface area contributed by atoms with Crippen LogP contribution in [-0.4, -0.2) is 50.4 Å². The number of ether oxygens (including phenoxy) is 1. The smallest absolute Gasteiger partial charge is 0.309 e. The average Bonchev–Trinajstić information content (AvgIpc) is 3.23. The van der Waals surface area contributed by atoms with Crippen molar-refractivity contribution < 1.29 is 14.3 Å². The predicted octanol–water partition coefficient (Wildman–Crippen LogP) is 3.11. The summed E-state index contributed by atoms with van der Waals surface area (Å²) in [5.74, 6) is -0.544. The monoisotopic (exact) mass is 458 g/mol. The highest BCUT2D eigenvalue weighted by Crippen LogP contribution is 2.24. The summed E-state index contributed by atoms with van der Waals surface area (Å²) in [6, 6.07) is 16.9. The Morgan fingerprint density at radius 3 is 2.53 bits per heavy atom. The molecule has 0 N–H and O–H groups in total. The summed E-state index contributed by atoms with van der Waals surface area (Å²) in [6.45, 7) is 3.49. The van der Waals surface area contributed by atoms with Crippen LogP contribution in [0.3, 0.4) is 0 Å². The van der Waals surface area contributed by atoms with Gasteiger partial charge in [0.25, 0.3) is 11.5 Å². The van der Waals surface area contributed by atoms with Gasteiger partial charge in [0.15, 0.2) is 0 Å². The van der Waals surface area contributed by atoms with Crippen LogP contribution in [0.5, 0.6) is 0 Å². The second-order valence-electron chi connectivity index (χ2n) is 8.50. The van der Waals surface area contributed by atoms with E-state index in [0.29, 0.717) is 61.5 Å². The Kier molecular flexibility index (Phi) is 5.88. The number of esters is 1. The summed E-state index contributed by atoms with van der Waals surface area (Å²) in [5.41, 5.74) is 2.24. The Hall–Kier alpha value is -3.94. The van der Waals surface area contributed by atoms with E-state index in [1.54, 1.807) is 36.2 Å². The molecule has 3 aromatic heterocycles. The molecule has 1 aromatic carbocycles. The molecule has 5 rings (SSSR count). The van der Waals surface area contributed by atoms with Crippen molar-refractivity contribution in [3.63, 3.8) is 0 Å². The second-order valence-corrected chi connectivity index (χ2v) is 8.50. The molecular formula is C26H26N4O4. The van der Waals surface area contributed by atoms with E-state index in [4.69, 9.17) is 9.72 Å². The van der Waals surface area contributed by atoms with Crippen LogP contribution in [0.1, 0.15) is 35.8 Å². The van der Waals surface area contributed by atoms with Gasteiger partial charge in [-0.05, 0) is 43.5 Å². The number of pyridine rings is 1. The average molecular weight is 459 g/mol. The third-order valence-corrected chi connectivity index (χ3v) is 6.38. The van der Waals surface area contributed by atoms with Gasteiger partial charge in [-0.2, -0.15) is 0 Å². The molecule has 1 amide bonds. The number of likely N-dealkylation sites (tertiary alicyclic amines) is 1. The molecule has 0 saturated carbocycles. The first-order valence-corrected chi connectivity index (χ1v) is 11.6. The molecule has 0 unspecified atom stereocenters. The fourth-order valence-electron chi connectivity index (χ4n) is 4.60. The van der Waals surface area contributed by atoms with Crippen molar-refractivity contribution in [3.05, 3.63) is 82.4 Å². The minimum absolute atomic E-state index is 0.162. The molecule has 174 valence electrons. The Morgan fingerprint density at radius 2 is 1.79 bits per heavy atom. The van der Waals surface area contributed by atoms with Gasteiger partial charge >= 0.3 is 5.97 Å².